The van der Waals surface area contributed by atoms with E-state index in [1.165, 1.54) is 0 Å². The molecule has 100 valence electrons. The highest BCUT2D eigenvalue weighted by Crippen LogP contribution is 2.11. The van der Waals surface area contributed by atoms with Gasteiger partial charge in [-0.2, -0.15) is 9.97 Å². The average molecular weight is 252 g/mol. The first-order valence-electron chi connectivity index (χ1n) is 5.87. The number of carbonyl (C=O) groups is 1. The summed E-state index contributed by atoms with van der Waals surface area (Å²) in [5.41, 5.74) is 5.55. The summed E-state index contributed by atoms with van der Waals surface area (Å²) in [6, 6.07) is 1.89. The van der Waals surface area contributed by atoms with Gasteiger partial charge in [0.15, 0.2) is 0 Å². The lowest BCUT2D eigenvalue weighted by Gasteiger charge is -2.10. The number of nitrogen functional groups attached to an aromatic ring is 1. The van der Waals surface area contributed by atoms with Crippen molar-refractivity contribution in [2.75, 3.05) is 30.0 Å². The second-order valence-electron chi connectivity index (χ2n) is 4.15. The molecule has 0 aliphatic carbocycles. The number of aromatic nitrogens is 2. The van der Waals surface area contributed by atoms with Crippen LogP contribution in [0.1, 0.15) is 20.3 Å². The maximum Gasteiger partial charge on any atom is 0.223 e. The summed E-state index contributed by atoms with van der Waals surface area (Å²) in [5, 5.41) is 8.73. The van der Waals surface area contributed by atoms with E-state index < -0.39 is 0 Å². The predicted octanol–water partition coefficient (Wildman–Crippen LogP) is 0.427. The maximum absolute atomic E-state index is 11.4. The van der Waals surface area contributed by atoms with E-state index in [1.54, 1.807) is 13.1 Å². The molecule has 7 heteroatoms. The van der Waals surface area contributed by atoms with E-state index in [-0.39, 0.29) is 17.9 Å². The second kappa shape index (κ2) is 6.63. The lowest BCUT2D eigenvalue weighted by atomic mass is 10.3. The molecule has 7 nitrogen and oxygen atoms in total. The van der Waals surface area contributed by atoms with Gasteiger partial charge in [-0.05, 0) is 13.8 Å². The molecule has 0 saturated heterocycles. The fourth-order valence-corrected chi connectivity index (χ4v) is 1.38. The second-order valence-corrected chi connectivity index (χ2v) is 4.15. The van der Waals surface area contributed by atoms with Crippen molar-refractivity contribution in [2.24, 2.45) is 0 Å². The van der Waals surface area contributed by atoms with Crippen LogP contribution in [0.15, 0.2) is 6.07 Å². The molecule has 1 aromatic rings. The van der Waals surface area contributed by atoms with E-state index in [1.807, 2.05) is 13.8 Å². The van der Waals surface area contributed by atoms with Gasteiger partial charge >= 0.3 is 0 Å². The van der Waals surface area contributed by atoms with E-state index in [4.69, 9.17) is 5.73 Å². The molecule has 0 aromatic carbocycles. The molecule has 18 heavy (non-hydrogen) atoms. The van der Waals surface area contributed by atoms with Crippen LogP contribution in [0, 0.1) is 0 Å². The van der Waals surface area contributed by atoms with Crippen LogP contribution in [0.2, 0.25) is 0 Å². The van der Waals surface area contributed by atoms with Crippen LogP contribution in [-0.4, -0.2) is 35.5 Å². The largest absolute Gasteiger partial charge is 0.373 e. The summed E-state index contributed by atoms with van der Waals surface area (Å²) in [4.78, 5) is 19.4. The molecule has 0 aliphatic rings. The fraction of sp³-hybridized carbons (Fsp3) is 0.545. The Labute approximate surface area is 107 Å². The van der Waals surface area contributed by atoms with E-state index in [2.05, 4.69) is 25.9 Å². The van der Waals surface area contributed by atoms with Crippen molar-refractivity contribution in [3.8, 4) is 0 Å². The Bertz CT molecular complexity index is 407. The molecule has 1 heterocycles. The van der Waals surface area contributed by atoms with Gasteiger partial charge in [0, 0.05) is 32.1 Å². The average Bonchev–Trinajstić information content (AvgIpc) is 2.27. The Hall–Kier alpha value is -2.05. The van der Waals surface area contributed by atoms with Crippen molar-refractivity contribution in [3.05, 3.63) is 6.07 Å². The van der Waals surface area contributed by atoms with Gasteiger partial charge in [0.2, 0.25) is 11.9 Å². The SMILES string of the molecule is CNc1cc(NCCC(=O)NC(C)C)nc(N)n1. The third-order valence-corrected chi connectivity index (χ3v) is 2.11. The van der Waals surface area contributed by atoms with Gasteiger partial charge in [-0.1, -0.05) is 0 Å². The van der Waals surface area contributed by atoms with E-state index >= 15 is 0 Å². The van der Waals surface area contributed by atoms with Crippen LogP contribution in [-0.2, 0) is 4.79 Å². The highest BCUT2D eigenvalue weighted by atomic mass is 16.1. The minimum Gasteiger partial charge on any atom is -0.373 e. The molecule has 0 aliphatic heterocycles. The van der Waals surface area contributed by atoms with Crippen LogP contribution in [0.5, 0.6) is 0 Å². The van der Waals surface area contributed by atoms with Gasteiger partial charge in [-0.3, -0.25) is 4.79 Å². The van der Waals surface area contributed by atoms with Crippen molar-refractivity contribution in [1.82, 2.24) is 15.3 Å². The van der Waals surface area contributed by atoms with Crippen molar-refractivity contribution >= 4 is 23.5 Å². The Balaban J connectivity index is 2.44. The van der Waals surface area contributed by atoms with Crippen molar-refractivity contribution in [3.63, 3.8) is 0 Å². The summed E-state index contributed by atoms with van der Waals surface area (Å²) in [7, 11) is 1.75. The van der Waals surface area contributed by atoms with E-state index in [0.29, 0.717) is 24.6 Å². The van der Waals surface area contributed by atoms with Crippen molar-refractivity contribution in [1.29, 1.82) is 0 Å². The Morgan fingerprint density at radius 1 is 1.39 bits per heavy atom. The molecule has 0 spiro atoms. The summed E-state index contributed by atoms with van der Waals surface area (Å²) < 4.78 is 0. The number of hydrogen-bond acceptors (Lipinski definition) is 6. The number of anilines is 3. The number of hydrogen-bond donors (Lipinski definition) is 4. The fourth-order valence-electron chi connectivity index (χ4n) is 1.38. The van der Waals surface area contributed by atoms with Crippen LogP contribution in [0.25, 0.3) is 0 Å². The predicted molar refractivity (Wildman–Crippen MR) is 72.4 cm³/mol. The van der Waals surface area contributed by atoms with Crippen LogP contribution >= 0.6 is 0 Å². The van der Waals surface area contributed by atoms with Gasteiger partial charge < -0.3 is 21.7 Å². The van der Waals surface area contributed by atoms with Gasteiger partial charge in [0.1, 0.15) is 11.6 Å². The Morgan fingerprint density at radius 2 is 2.06 bits per heavy atom. The molecule has 0 radical (unpaired) electrons. The van der Waals surface area contributed by atoms with Gasteiger partial charge in [-0.15, -0.1) is 0 Å². The Morgan fingerprint density at radius 3 is 2.67 bits per heavy atom. The zero-order chi connectivity index (χ0) is 13.5. The van der Waals surface area contributed by atoms with Crippen LogP contribution in [0.4, 0.5) is 17.6 Å². The number of carbonyl (C=O) groups excluding carboxylic acids is 1. The molecule has 0 atom stereocenters. The molecule has 0 bridgehead atoms. The van der Waals surface area contributed by atoms with Crippen molar-refractivity contribution in [2.45, 2.75) is 26.3 Å². The third kappa shape index (κ3) is 4.86. The quantitative estimate of drug-likeness (QED) is 0.585. The number of nitrogens with one attached hydrogen (secondary N) is 3. The smallest absolute Gasteiger partial charge is 0.223 e. The summed E-state index contributed by atoms with van der Waals surface area (Å²) in [6.07, 6.45) is 0.386. The monoisotopic (exact) mass is 252 g/mol. The molecule has 0 fully saturated rings. The van der Waals surface area contributed by atoms with Gasteiger partial charge in [0.25, 0.3) is 0 Å². The standard InChI is InChI=1S/C11H20N6O/c1-7(2)15-10(18)4-5-14-9-6-8(13-3)16-11(12)17-9/h6-7H,4-5H2,1-3H3,(H,15,18)(H4,12,13,14,16,17). The highest BCUT2D eigenvalue weighted by Gasteiger charge is 2.04. The number of rotatable bonds is 6. The maximum atomic E-state index is 11.4. The number of amides is 1. The minimum absolute atomic E-state index is 0.00775. The first kappa shape index (κ1) is 14.0. The molecular weight excluding hydrogens is 232 g/mol. The molecule has 0 saturated carbocycles. The number of nitrogens with zero attached hydrogens (tertiary/aromatic N) is 2. The first-order valence-corrected chi connectivity index (χ1v) is 5.87. The third-order valence-electron chi connectivity index (χ3n) is 2.11. The van der Waals surface area contributed by atoms with Gasteiger partial charge in [-0.25, -0.2) is 0 Å². The molecule has 0 unspecified atom stereocenters. The summed E-state index contributed by atoms with van der Waals surface area (Å²) in [6.45, 7) is 4.35. The molecule has 1 rings (SSSR count). The van der Waals surface area contributed by atoms with E-state index in [0.717, 1.165) is 0 Å². The van der Waals surface area contributed by atoms with E-state index in [9.17, 15) is 4.79 Å². The lowest BCUT2D eigenvalue weighted by molar-refractivity contribution is -0.121. The Kier molecular flexibility index (Phi) is 5.16. The topological polar surface area (TPSA) is 105 Å². The zero-order valence-corrected chi connectivity index (χ0v) is 10.9. The van der Waals surface area contributed by atoms with Crippen LogP contribution < -0.4 is 21.7 Å². The molecule has 5 N–H and O–H groups in total. The summed E-state index contributed by atoms with van der Waals surface area (Å²) in [5.74, 6) is 1.44. The molecular formula is C11H20N6O. The first-order chi connectivity index (χ1) is 8.51. The molecule has 1 aromatic heterocycles. The lowest BCUT2D eigenvalue weighted by Crippen LogP contribution is -2.31. The van der Waals surface area contributed by atoms with Gasteiger partial charge in [0.05, 0.1) is 0 Å². The zero-order valence-electron chi connectivity index (χ0n) is 10.9. The molecule has 1 amide bonds. The number of nitrogens with two attached hydrogens (primary N) is 1. The highest BCUT2D eigenvalue weighted by molar-refractivity contribution is 5.76. The van der Waals surface area contributed by atoms with Crippen molar-refractivity contribution < 1.29 is 4.79 Å². The normalized spacial score (nSPS) is 10.2. The summed E-state index contributed by atoms with van der Waals surface area (Å²) >= 11 is 0. The minimum atomic E-state index is 0.00775. The van der Waals surface area contributed by atoms with Crippen LogP contribution in [0.3, 0.4) is 0 Å².